The number of ether oxygens (including phenoxy) is 2. The fraction of sp³-hybridized carbons (Fsp3) is 0.600. The molecule has 1 fully saturated rings. The molecule has 19 heavy (non-hydrogen) atoms. The molecular weight excluding hydrogens is 245 g/mol. The maximum atomic E-state index is 13.5. The van der Waals surface area contributed by atoms with Gasteiger partial charge in [-0.25, -0.2) is 4.39 Å². The van der Waals surface area contributed by atoms with E-state index in [4.69, 9.17) is 9.47 Å². The molecule has 1 aromatic rings. The van der Waals surface area contributed by atoms with Crippen molar-refractivity contribution in [2.45, 2.75) is 38.3 Å². The number of methoxy groups -OCH3 is 1. The zero-order chi connectivity index (χ0) is 13.5. The van der Waals surface area contributed by atoms with E-state index in [1.807, 2.05) is 6.07 Å². The predicted molar refractivity (Wildman–Crippen MR) is 72.9 cm³/mol. The minimum Gasteiger partial charge on any atom is -0.490 e. The first kappa shape index (κ1) is 14.3. The summed E-state index contributed by atoms with van der Waals surface area (Å²) in [7, 11) is 1.66. The molecule has 1 aromatic carbocycles. The molecule has 0 atom stereocenters. The van der Waals surface area contributed by atoms with Gasteiger partial charge in [-0.05, 0) is 43.4 Å². The van der Waals surface area contributed by atoms with Crippen molar-refractivity contribution in [3.63, 3.8) is 0 Å². The van der Waals surface area contributed by atoms with Crippen molar-refractivity contribution in [3.8, 4) is 5.75 Å². The van der Waals surface area contributed by atoms with Gasteiger partial charge >= 0.3 is 0 Å². The molecule has 2 rings (SSSR count). The lowest BCUT2D eigenvalue weighted by molar-refractivity contribution is 0.199. The van der Waals surface area contributed by atoms with Crippen LogP contribution in [0.15, 0.2) is 18.2 Å². The first-order valence-electron chi connectivity index (χ1n) is 6.93. The highest BCUT2D eigenvalue weighted by molar-refractivity contribution is 5.29. The number of hydrogen-bond donors (Lipinski definition) is 1. The van der Waals surface area contributed by atoms with E-state index in [9.17, 15) is 4.39 Å². The van der Waals surface area contributed by atoms with Crippen LogP contribution in [0.3, 0.4) is 0 Å². The number of benzene rings is 1. The van der Waals surface area contributed by atoms with E-state index in [2.05, 4.69) is 5.32 Å². The lowest BCUT2D eigenvalue weighted by Crippen LogP contribution is -2.18. The molecule has 0 unspecified atom stereocenters. The topological polar surface area (TPSA) is 30.5 Å². The summed E-state index contributed by atoms with van der Waals surface area (Å²) in [6.45, 7) is 2.04. The molecule has 1 aliphatic rings. The van der Waals surface area contributed by atoms with Crippen LogP contribution in [0.4, 0.5) is 4.39 Å². The SMILES string of the molecule is COCCNCc1cc(F)cc(OC2CCCC2)c1. The normalized spacial score (nSPS) is 15.9. The van der Waals surface area contributed by atoms with Crippen LogP contribution in [-0.2, 0) is 11.3 Å². The fourth-order valence-electron chi connectivity index (χ4n) is 2.40. The van der Waals surface area contributed by atoms with Crippen LogP contribution in [0.1, 0.15) is 31.2 Å². The summed E-state index contributed by atoms with van der Waals surface area (Å²) in [6, 6.07) is 4.93. The molecule has 0 radical (unpaired) electrons. The van der Waals surface area contributed by atoms with Crippen LogP contribution in [-0.4, -0.2) is 26.4 Å². The van der Waals surface area contributed by atoms with E-state index < -0.39 is 0 Å². The Labute approximate surface area is 114 Å². The van der Waals surface area contributed by atoms with Gasteiger partial charge in [0, 0.05) is 26.3 Å². The molecule has 1 saturated carbocycles. The third kappa shape index (κ3) is 4.80. The molecule has 0 amide bonds. The van der Waals surface area contributed by atoms with Gasteiger partial charge in [0.25, 0.3) is 0 Å². The zero-order valence-corrected chi connectivity index (χ0v) is 11.5. The van der Waals surface area contributed by atoms with E-state index >= 15 is 0 Å². The molecule has 3 nitrogen and oxygen atoms in total. The van der Waals surface area contributed by atoms with Crippen molar-refractivity contribution in [2.24, 2.45) is 0 Å². The van der Waals surface area contributed by atoms with Crippen molar-refractivity contribution >= 4 is 0 Å². The maximum absolute atomic E-state index is 13.5. The summed E-state index contributed by atoms with van der Waals surface area (Å²) in [4.78, 5) is 0. The van der Waals surface area contributed by atoms with Crippen molar-refractivity contribution in [2.75, 3.05) is 20.3 Å². The molecule has 106 valence electrons. The van der Waals surface area contributed by atoms with Crippen molar-refractivity contribution < 1.29 is 13.9 Å². The Morgan fingerprint density at radius 1 is 1.26 bits per heavy atom. The third-order valence-corrected chi connectivity index (χ3v) is 3.35. The van der Waals surface area contributed by atoms with Crippen LogP contribution >= 0.6 is 0 Å². The van der Waals surface area contributed by atoms with E-state index in [1.54, 1.807) is 13.2 Å². The molecule has 1 aliphatic carbocycles. The van der Waals surface area contributed by atoms with Crippen molar-refractivity contribution in [1.29, 1.82) is 0 Å². The number of rotatable bonds is 7. The Hall–Kier alpha value is -1.13. The standard InChI is InChI=1S/C15H22FNO2/c1-18-7-6-17-11-12-8-13(16)10-15(9-12)19-14-4-2-3-5-14/h8-10,14,17H,2-7,11H2,1H3. The van der Waals surface area contributed by atoms with E-state index in [-0.39, 0.29) is 11.9 Å². The molecule has 0 aliphatic heterocycles. The van der Waals surface area contributed by atoms with Gasteiger partial charge in [0.05, 0.1) is 12.7 Å². The summed E-state index contributed by atoms with van der Waals surface area (Å²) in [5.74, 6) is 0.412. The number of halogens is 1. The second-order valence-electron chi connectivity index (χ2n) is 4.99. The Morgan fingerprint density at radius 2 is 2.05 bits per heavy atom. The van der Waals surface area contributed by atoms with Gasteiger partial charge in [0.1, 0.15) is 11.6 Å². The quantitative estimate of drug-likeness (QED) is 0.771. The second-order valence-corrected chi connectivity index (χ2v) is 4.99. The largest absolute Gasteiger partial charge is 0.490 e. The molecule has 0 aromatic heterocycles. The monoisotopic (exact) mass is 267 g/mol. The van der Waals surface area contributed by atoms with Gasteiger partial charge in [-0.3, -0.25) is 0 Å². The fourth-order valence-corrected chi connectivity index (χ4v) is 2.40. The highest BCUT2D eigenvalue weighted by Crippen LogP contribution is 2.25. The molecule has 0 saturated heterocycles. The van der Waals surface area contributed by atoms with Gasteiger partial charge in [0.15, 0.2) is 0 Å². The first-order valence-corrected chi connectivity index (χ1v) is 6.93. The first-order chi connectivity index (χ1) is 9.28. The average Bonchev–Trinajstić information content (AvgIpc) is 2.87. The van der Waals surface area contributed by atoms with E-state index in [0.29, 0.717) is 18.9 Å². The Kier molecular flexibility index (Phi) is 5.61. The number of nitrogens with one attached hydrogen (secondary N) is 1. The molecular formula is C15H22FNO2. The number of hydrogen-bond acceptors (Lipinski definition) is 3. The van der Waals surface area contributed by atoms with Crippen molar-refractivity contribution in [3.05, 3.63) is 29.6 Å². The summed E-state index contributed by atoms with van der Waals surface area (Å²) in [5.41, 5.74) is 0.907. The van der Waals surface area contributed by atoms with Crippen LogP contribution < -0.4 is 10.1 Å². The summed E-state index contributed by atoms with van der Waals surface area (Å²) in [5, 5.41) is 3.20. The molecule has 0 heterocycles. The average molecular weight is 267 g/mol. The molecule has 1 N–H and O–H groups in total. The lowest BCUT2D eigenvalue weighted by Gasteiger charge is -2.14. The van der Waals surface area contributed by atoms with Crippen LogP contribution in [0.2, 0.25) is 0 Å². The van der Waals surface area contributed by atoms with E-state index in [0.717, 1.165) is 24.9 Å². The molecule has 0 spiro atoms. The highest BCUT2D eigenvalue weighted by atomic mass is 19.1. The van der Waals surface area contributed by atoms with Crippen molar-refractivity contribution in [1.82, 2.24) is 5.32 Å². The lowest BCUT2D eigenvalue weighted by atomic mass is 10.2. The van der Waals surface area contributed by atoms with Crippen LogP contribution in [0, 0.1) is 5.82 Å². The maximum Gasteiger partial charge on any atom is 0.127 e. The predicted octanol–water partition coefficient (Wildman–Crippen LogP) is 2.88. The smallest absolute Gasteiger partial charge is 0.127 e. The van der Waals surface area contributed by atoms with Gasteiger partial charge < -0.3 is 14.8 Å². The minimum atomic E-state index is -0.237. The summed E-state index contributed by atoms with van der Waals surface area (Å²) >= 11 is 0. The Morgan fingerprint density at radius 3 is 2.79 bits per heavy atom. The molecule has 0 bridgehead atoms. The summed E-state index contributed by atoms with van der Waals surface area (Å²) < 4.78 is 24.3. The zero-order valence-electron chi connectivity index (χ0n) is 11.5. The Balaban J connectivity index is 1.90. The van der Waals surface area contributed by atoms with Gasteiger partial charge in [-0.15, -0.1) is 0 Å². The van der Waals surface area contributed by atoms with Crippen LogP contribution in [0.5, 0.6) is 5.75 Å². The van der Waals surface area contributed by atoms with Crippen LogP contribution in [0.25, 0.3) is 0 Å². The van der Waals surface area contributed by atoms with Gasteiger partial charge in [0.2, 0.25) is 0 Å². The van der Waals surface area contributed by atoms with E-state index in [1.165, 1.54) is 18.9 Å². The second kappa shape index (κ2) is 7.46. The Bertz CT molecular complexity index is 392. The van der Waals surface area contributed by atoms with Gasteiger partial charge in [-0.2, -0.15) is 0 Å². The highest BCUT2D eigenvalue weighted by Gasteiger charge is 2.16. The summed E-state index contributed by atoms with van der Waals surface area (Å²) in [6.07, 6.45) is 4.85. The molecule has 4 heteroatoms. The minimum absolute atomic E-state index is 0.237. The third-order valence-electron chi connectivity index (χ3n) is 3.35. The van der Waals surface area contributed by atoms with Gasteiger partial charge in [-0.1, -0.05) is 0 Å².